The van der Waals surface area contributed by atoms with Gasteiger partial charge < -0.3 is 20.5 Å². The van der Waals surface area contributed by atoms with Crippen molar-refractivity contribution in [2.24, 2.45) is 11.7 Å². The fourth-order valence-electron chi connectivity index (χ4n) is 3.37. The minimum absolute atomic E-state index is 0.0554. The number of amides is 3. The van der Waals surface area contributed by atoms with Crippen LogP contribution in [0.25, 0.3) is 0 Å². The Bertz CT molecular complexity index is 841. The summed E-state index contributed by atoms with van der Waals surface area (Å²) in [6.45, 7) is 5.78. The second kappa shape index (κ2) is 10.8. The molecule has 0 bridgehead atoms. The van der Waals surface area contributed by atoms with E-state index >= 15 is 4.39 Å². The average Bonchev–Trinajstić information content (AvgIpc) is 3.01. The second-order valence-electron chi connectivity index (χ2n) is 7.60. The van der Waals surface area contributed by atoms with Gasteiger partial charge in [0.25, 0.3) is 11.0 Å². The van der Waals surface area contributed by atoms with Gasteiger partial charge in [-0.2, -0.15) is 4.39 Å². The van der Waals surface area contributed by atoms with Crippen LogP contribution in [0.4, 0.5) is 13.7 Å². The molecule has 0 saturated carbocycles. The summed E-state index contributed by atoms with van der Waals surface area (Å²) in [5.74, 6) is -1.85. The maximum absolute atomic E-state index is 15.5. The van der Waals surface area contributed by atoms with Gasteiger partial charge in [-0.3, -0.25) is 15.0 Å². The number of nitrogens with zero attached hydrogens (tertiary/aromatic N) is 2. The molecule has 2 aliphatic heterocycles. The van der Waals surface area contributed by atoms with Gasteiger partial charge in [0.2, 0.25) is 5.88 Å². The van der Waals surface area contributed by atoms with Gasteiger partial charge in [0.15, 0.2) is 0 Å². The zero-order valence-corrected chi connectivity index (χ0v) is 18.5. The first-order valence-electron chi connectivity index (χ1n) is 10.2. The van der Waals surface area contributed by atoms with E-state index in [1.807, 2.05) is 12.2 Å². The smallest absolute Gasteiger partial charge is 0.318 e. The SMILES string of the molecule is CC(CNC(=O)NC1(F)SN(F)C(OCc2ccccc2)=C1C(N)=O)CN1CCOCC1. The third-order valence-electron chi connectivity index (χ3n) is 4.92. The highest BCUT2D eigenvalue weighted by atomic mass is 32.2. The highest BCUT2D eigenvalue weighted by molar-refractivity contribution is 7.98. The number of carbonyl (C=O) groups is 2. The summed E-state index contributed by atoms with van der Waals surface area (Å²) in [6.07, 6.45) is 0. The Labute approximate surface area is 189 Å². The van der Waals surface area contributed by atoms with Gasteiger partial charge in [0.1, 0.15) is 12.2 Å². The second-order valence-corrected chi connectivity index (χ2v) is 8.67. The van der Waals surface area contributed by atoms with Gasteiger partial charge in [0, 0.05) is 26.2 Å². The van der Waals surface area contributed by atoms with Crippen LogP contribution in [0.15, 0.2) is 41.8 Å². The number of nitrogens with two attached hydrogens (primary N) is 1. The molecule has 176 valence electrons. The van der Waals surface area contributed by atoms with Crippen molar-refractivity contribution in [1.29, 1.82) is 0 Å². The Morgan fingerprint density at radius 3 is 2.66 bits per heavy atom. The fourth-order valence-corrected chi connectivity index (χ4v) is 4.23. The van der Waals surface area contributed by atoms with Crippen LogP contribution in [-0.2, 0) is 20.9 Å². The summed E-state index contributed by atoms with van der Waals surface area (Å²) in [7, 11) is 0. The van der Waals surface area contributed by atoms with Crippen molar-refractivity contribution in [2.75, 3.05) is 39.4 Å². The zero-order valence-electron chi connectivity index (χ0n) is 17.7. The molecule has 2 heterocycles. The van der Waals surface area contributed by atoms with Crippen LogP contribution < -0.4 is 16.4 Å². The van der Waals surface area contributed by atoms with E-state index in [9.17, 15) is 14.1 Å². The third kappa shape index (κ3) is 6.24. The van der Waals surface area contributed by atoms with E-state index in [1.54, 1.807) is 30.3 Å². The molecule has 0 aromatic heterocycles. The highest BCUT2D eigenvalue weighted by Gasteiger charge is 2.53. The fraction of sp³-hybridized carbons (Fsp3) is 0.500. The molecule has 2 unspecified atom stereocenters. The zero-order chi connectivity index (χ0) is 23.1. The number of rotatable bonds is 9. The first-order valence-corrected chi connectivity index (χ1v) is 11.0. The largest absolute Gasteiger partial charge is 0.471 e. The summed E-state index contributed by atoms with van der Waals surface area (Å²) < 4.78 is 40.3. The molecular formula is C20H27F2N5O4S. The number of urea groups is 1. The summed E-state index contributed by atoms with van der Waals surface area (Å²) in [5.41, 5.74) is 5.16. The molecule has 3 amide bonds. The first-order chi connectivity index (χ1) is 15.3. The Balaban J connectivity index is 1.58. The number of halogens is 2. The molecule has 2 atom stereocenters. The summed E-state index contributed by atoms with van der Waals surface area (Å²) in [6, 6.07) is 7.85. The molecule has 0 aliphatic carbocycles. The predicted octanol–water partition coefficient (Wildman–Crippen LogP) is 1.64. The van der Waals surface area contributed by atoms with Crippen LogP contribution in [0.1, 0.15) is 12.5 Å². The molecule has 9 nitrogen and oxygen atoms in total. The number of hydrogen-bond acceptors (Lipinski definition) is 7. The van der Waals surface area contributed by atoms with Crippen molar-refractivity contribution in [3.05, 3.63) is 47.4 Å². The van der Waals surface area contributed by atoms with Gasteiger partial charge in [-0.05, 0) is 11.5 Å². The van der Waals surface area contributed by atoms with Gasteiger partial charge in [-0.1, -0.05) is 41.7 Å². The molecule has 0 radical (unpaired) electrons. The number of morpholine rings is 1. The topological polar surface area (TPSA) is 109 Å². The molecule has 3 rings (SSSR count). The Hall–Kier alpha value is -2.57. The van der Waals surface area contributed by atoms with E-state index in [2.05, 4.69) is 10.2 Å². The lowest BCUT2D eigenvalue weighted by molar-refractivity contribution is -0.115. The lowest BCUT2D eigenvalue weighted by atomic mass is 10.1. The van der Waals surface area contributed by atoms with Gasteiger partial charge in [-0.15, -0.1) is 4.53 Å². The van der Waals surface area contributed by atoms with E-state index in [0.29, 0.717) is 18.8 Å². The summed E-state index contributed by atoms with van der Waals surface area (Å²) in [4.78, 5) is 26.4. The Morgan fingerprint density at radius 1 is 1.31 bits per heavy atom. The number of nitrogens with one attached hydrogen (secondary N) is 2. The maximum atomic E-state index is 15.5. The van der Waals surface area contributed by atoms with E-state index in [0.717, 1.165) is 19.6 Å². The third-order valence-corrected chi connectivity index (χ3v) is 5.81. The van der Waals surface area contributed by atoms with Crippen LogP contribution in [0.3, 0.4) is 0 Å². The molecule has 1 aromatic rings. The van der Waals surface area contributed by atoms with Crippen molar-refractivity contribution in [1.82, 2.24) is 20.1 Å². The highest BCUT2D eigenvalue weighted by Crippen LogP contribution is 2.46. The number of carbonyl (C=O) groups excluding carboxylic acids is 2. The molecule has 2 aliphatic rings. The molecule has 4 N–H and O–H groups in total. The number of ether oxygens (including phenoxy) is 2. The van der Waals surface area contributed by atoms with Crippen LogP contribution in [0.5, 0.6) is 0 Å². The molecular weight excluding hydrogens is 444 g/mol. The quantitative estimate of drug-likeness (QED) is 0.285. The van der Waals surface area contributed by atoms with E-state index in [1.165, 1.54) is 0 Å². The lowest BCUT2D eigenvalue weighted by Crippen LogP contribution is -2.51. The molecule has 0 spiro atoms. The first kappa shape index (κ1) is 24.1. The summed E-state index contributed by atoms with van der Waals surface area (Å²) in [5, 5.41) is 1.64. The Morgan fingerprint density at radius 2 is 2.00 bits per heavy atom. The minimum Gasteiger partial charge on any atom is -0.471 e. The van der Waals surface area contributed by atoms with E-state index in [4.69, 9.17) is 15.2 Å². The monoisotopic (exact) mass is 471 g/mol. The van der Waals surface area contributed by atoms with Gasteiger partial charge >= 0.3 is 6.03 Å². The standard InChI is InChI=1S/C20H27F2N5O4S/c1-14(12-26-7-9-30-10-8-26)11-24-19(29)25-20(21)16(17(23)28)18(27(22)32-20)31-13-15-5-3-2-4-6-15/h2-6,14H,7-13H2,1H3,(H2,23,28)(H2,24,25,29). The minimum atomic E-state index is -2.91. The Kier molecular flexibility index (Phi) is 8.15. The average molecular weight is 472 g/mol. The lowest BCUT2D eigenvalue weighted by Gasteiger charge is -2.29. The molecule has 1 saturated heterocycles. The number of hydrogen-bond donors (Lipinski definition) is 3. The van der Waals surface area contributed by atoms with Gasteiger partial charge in [0.05, 0.1) is 25.2 Å². The van der Waals surface area contributed by atoms with Crippen molar-refractivity contribution in [3.8, 4) is 0 Å². The molecule has 12 heteroatoms. The molecule has 1 aromatic carbocycles. The molecule has 32 heavy (non-hydrogen) atoms. The van der Waals surface area contributed by atoms with E-state index in [-0.39, 0.29) is 35.5 Å². The van der Waals surface area contributed by atoms with Crippen LogP contribution >= 0.6 is 11.9 Å². The van der Waals surface area contributed by atoms with Gasteiger partial charge in [-0.25, -0.2) is 4.79 Å². The normalized spacial score (nSPS) is 22.5. The predicted molar refractivity (Wildman–Crippen MR) is 115 cm³/mol. The van der Waals surface area contributed by atoms with Crippen molar-refractivity contribution >= 4 is 23.9 Å². The van der Waals surface area contributed by atoms with Crippen LogP contribution in [0, 0.1) is 5.92 Å². The van der Waals surface area contributed by atoms with E-state index < -0.39 is 28.5 Å². The van der Waals surface area contributed by atoms with Crippen molar-refractivity contribution < 1.29 is 27.9 Å². The van der Waals surface area contributed by atoms with Crippen LogP contribution in [0.2, 0.25) is 0 Å². The summed E-state index contributed by atoms with van der Waals surface area (Å²) >= 11 is -0.0554. The number of primary amides is 1. The number of alkyl halides is 1. The van der Waals surface area contributed by atoms with Crippen molar-refractivity contribution in [2.45, 2.75) is 18.7 Å². The van der Waals surface area contributed by atoms with Crippen LogP contribution in [-0.4, -0.2) is 65.9 Å². The number of benzene rings is 1. The van der Waals surface area contributed by atoms with Crippen molar-refractivity contribution in [3.63, 3.8) is 0 Å². The maximum Gasteiger partial charge on any atom is 0.318 e. The molecule has 1 fully saturated rings.